The Kier molecular flexibility index (Phi) is 6.07. The van der Waals surface area contributed by atoms with Crippen molar-refractivity contribution in [2.75, 3.05) is 19.5 Å². The number of methoxy groups -OCH3 is 2. The summed E-state index contributed by atoms with van der Waals surface area (Å²) >= 11 is 11.5. The molecule has 2 N–H and O–H groups in total. The highest BCUT2D eigenvalue weighted by Gasteiger charge is 2.12. The number of ether oxygens (including phenoxy) is 2. The summed E-state index contributed by atoms with van der Waals surface area (Å²) in [6.07, 6.45) is 0. The highest BCUT2D eigenvalue weighted by molar-refractivity contribution is 7.80. The second kappa shape index (κ2) is 8.04. The van der Waals surface area contributed by atoms with Crippen LogP contribution in [0.4, 0.5) is 5.69 Å². The van der Waals surface area contributed by atoms with E-state index in [1.807, 2.05) is 37.3 Å². The van der Waals surface area contributed by atoms with Gasteiger partial charge in [0.25, 0.3) is 0 Å². The van der Waals surface area contributed by atoms with Crippen LogP contribution >= 0.6 is 23.8 Å². The van der Waals surface area contributed by atoms with Crippen LogP contribution in [0, 0.1) is 0 Å². The molecule has 0 saturated heterocycles. The van der Waals surface area contributed by atoms with Gasteiger partial charge in [-0.05, 0) is 24.7 Å². The van der Waals surface area contributed by atoms with Gasteiger partial charge in [0.2, 0.25) is 0 Å². The molecule has 0 aliphatic carbocycles. The van der Waals surface area contributed by atoms with Crippen LogP contribution in [0.15, 0.2) is 42.5 Å². The average molecular weight is 351 g/mol. The Balaban J connectivity index is 2.11. The minimum Gasteiger partial charge on any atom is -0.495 e. The van der Waals surface area contributed by atoms with Crippen molar-refractivity contribution in [1.82, 2.24) is 5.32 Å². The van der Waals surface area contributed by atoms with Crippen molar-refractivity contribution in [3.8, 4) is 11.5 Å². The minimum absolute atomic E-state index is 0.0800. The highest BCUT2D eigenvalue weighted by atomic mass is 35.5. The van der Waals surface area contributed by atoms with Crippen LogP contribution in [0.1, 0.15) is 18.5 Å². The van der Waals surface area contributed by atoms with Crippen LogP contribution in [0.5, 0.6) is 11.5 Å². The molecule has 6 heteroatoms. The number of nitrogens with one attached hydrogen (secondary N) is 2. The number of anilines is 1. The molecule has 2 aromatic rings. The monoisotopic (exact) mass is 350 g/mol. The maximum Gasteiger partial charge on any atom is 0.171 e. The number of rotatable bonds is 5. The van der Waals surface area contributed by atoms with Gasteiger partial charge in [0.05, 0.1) is 31.0 Å². The topological polar surface area (TPSA) is 42.5 Å². The molecule has 2 rings (SSSR count). The van der Waals surface area contributed by atoms with E-state index < -0.39 is 0 Å². The number of hydrogen-bond acceptors (Lipinski definition) is 3. The smallest absolute Gasteiger partial charge is 0.171 e. The first-order valence-electron chi connectivity index (χ1n) is 7.09. The largest absolute Gasteiger partial charge is 0.495 e. The molecule has 0 heterocycles. The third-order valence-electron chi connectivity index (χ3n) is 3.37. The van der Waals surface area contributed by atoms with E-state index in [-0.39, 0.29) is 6.04 Å². The fourth-order valence-electron chi connectivity index (χ4n) is 2.14. The van der Waals surface area contributed by atoms with E-state index in [1.54, 1.807) is 26.4 Å². The maximum atomic E-state index is 6.10. The summed E-state index contributed by atoms with van der Waals surface area (Å²) in [6.45, 7) is 2.04. The standard InChI is InChI=1S/C17H19ClN2O2S/c1-11(12-7-5-4-6-8-12)19-17(23)20-14-10-15(21-2)13(18)9-16(14)22-3/h4-11H,1-3H3,(H2,19,20,23). The van der Waals surface area contributed by atoms with E-state index in [4.69, 9.17) is 33.3 Å². The van der Waals surface area contributed by atoms with Crippen molar-refractivity contribution in [2.45, 2.75) is 13.0 Å². The number of thiocarbonyl (C=S) groups is 1. The molecule has 0 bridgehead atoms. The van der Waals surface area contributed by atoms with E-state index in [0.717, 1.165) is 5.56 Å². The lowest BCUT2D eigenvalue weighted by Crippen LogP contribution is -2.31. The number of hydrogen-bond donors (Lipinski definition) is 2. The third kappa shape index (κ3) is 4.50. The molecular formula is C17H19ClN2O2S. The number of halogens is 1. The van der Waals surface area contributed by atoms with E-state index >= 15 is 0 Å². The fourth-order valence-corrected chi connectivity index (χ4v) is 2.66. The Bertz CT molecular complexity index is 680. The van der Waals surface area contributed by atoms with Gasteiger partial charge in [-0.25, -0.2) is 0 Å². The first-order valence-corrected chi connectivity index (χ1v) is 7.87. The fraction of sp³-hybridized carbons (Fsp3) is 0.235. The van der Waals surface area contributed by atoms with Crippen molar-refractivity contribution in [3.63, 3.8) is 0 Å². The summed E-state index contributed by atoms with van der Waals surface area (Å²) in [5, 5.41) is 7.33. The molecule has 122 valence electrons. The maximum absolute atomic E-state index is 6.10. The Morgan fingerprint density at radius 2 is 1.74 bits per heavy atom. The molecule has 2 aromatic carbocycles. The zero-order valence-electron chi connectivity index (χ0n) is 13.2. The van der Waals surface area contributed by atoms with Crippen molar-refractivity contribution < 1.29 is 9.47 Å². The predicted octanol–water partition coefficient (Wildman–Crippen LogP) is 4.40. The van der Waals surface area contributed by atoms with Crippen molar-refractivity contribution >= 4 is 34.6 Å². The van der Waals surface area contributed by atoms with Gasteiger partial charge in [-0.15, -0.1) is 0 Å². The normalized spacial score (nSPS) is 11.5. The van der Waals surface area contributed by atoms with Crippen LogP contribution < -0.4 is 20.1 Å². The van der Waals surface area contributed by atoms with Gasteiger partial charge in [-0.3, -0.25) is 0 Å². The molecule has 0 amide bonds. The van der Waals surface area contributed by atoms with E-state index in [2.05, 4.69) is 10.6 Å². The second-order valence-electron chi connectivity index (χ2n) is 4.92. The number of benzene rings is 2. The molecule has 1 unspecified atom stereocenters. The lowest BCUT2D eigenvalue weighted by Gasteiger charge is -2.19. The van der Waals surface area contributed by atoms with Crippen LogP contribution in [0.25, 0.3) is 0 Å². The predicted molar refractivity (Wildman–Crippen MR) is 98.8 cm³/mol. The minimum atomic E-state index is 0.0800. The Morgan fingerprint density at radius 1 is 1.09 bits per heavy atom. The summed E-state index contributed by atoms with van der Waals surface area (Å²) in [4.78, 5) is 0. The summed E-state index contributed by atoms with van der Waals surface area (Å²) in [7, 11) is 3.14. The molecule has 0 fully saturated rings. The molecule has 0 aromatic heterocycles. The molecular weight excluding hydrogens is 332 g/mol. The lowest BCUT2D eigenvalue weighted by molar-refractivity contribution is 0.405. The summed E-state index contributed by atoms with van der Waals surface area (Å²) < 4.78 is 10.6. The Morgan fingerprint density at radius 3 is 2.35 bits per heavy atom. The molecule has 4 nitrogen and oxygen atoms in total. The molecule has 23 heavy (non-hydrogen) atoms. The quantitative estimate of drug-likeness (QED) is 0.782. The zero-order valence-corrected chi connectivity index (χ0v) is 14.8. The average Bonchev–Trinajstić information content (AvgIpc) is 2.56. The van der Waals surface area contributed by atoms with Gasteiger partial charge in [-0.1, -0.05) is 41.9 Å². The lowest BCUT2D eigenvalue weighted by atomic mass is 10.1. The highest BCUT2D eigenvalue weighted by Crippen LogP contribution is 2.35. The molecule has 0 saturated carbocycles. The first kappa shape index (κ1) is 17.4. The SMILES string of the molecule is COc1cc(NC(=S)NC(C)c2ccccc2)c(OC)cc1Cl. The van der Waals surface area contributed by atoms with Crippen LogP contribution in [0.3, 0.4) is 0 Å². The van der Waals surface area contributed by atoms with Gasteiger partial charge in [0, 0.05) is 12.1 Å². The first-order chi connectivity index (χ1) is 11.0. The van der Waals surface area contributed by atoms with E-state index in [9.17, 15) is 0 Å². The summed E-state index contributed by atoms with van der Waals surface area (Å²) in [5.41, 5.74) is 1.84. The van der Waals surface area contributed by atoms with Gasteiger partial charge < -0.3 is 20.1 Å². The Labute approximate surface area is 146 Å². The van der Waals surface area contributed by atoms with Gasteiger partial charge >= 0.3 is 0 Å². The van der Waals surface area contributed by atoms with E-state index in [0.29, 0.717) is 27.3 Å². The van der Waals surface area contributed by atoms with Crippen molar-refractivity contribution in [2.24, 2.45) is 0 Å². The summed E-state index contributed by atoms with van der Waals surface area (Å²) in [5.74, 6) is 1.14. The van der Waals surface area contributed by atoms with Gasteiger partial charge in [0.1, 0.15) is 11.5 Å². The van der Waals surface area contributed by atoms with Crippen LogP contribution in [-0.4, -0.2) is 19.3 Å². The molecule has 1 atom stereocenters. The zero-order chi connectivity index (χ0) is 16.8. The van der Waals surface area contributed by atoms with Crippen LogP contribution in [0.2, 0.25) is 5.02 Å². The van der Waals surface area contributed by atoms with Crippen LogP contribution in [-0.2, 0) is 0 Å². The molecule has 0 spiro atoms. The van der Waals surface area contributed by atoms with Gasteiger partial charge in [-0.2, -0.15) is 0 Å². The molecule has 0 radical (unpaired) electrons. The third-order valence-corrected chi connectivity index (χ3v) is 3.88. The van der Waals surface area contributed by atoms with Crippen molar-refractivity contribution in [3.05, 3.63) is 53.1 Å². The van der Waals surface area contributed by atoms with Gasteiger partial charge in [0.15, 0.2) is 5.11 Å². The second-order valence-corrected chi connectivity index (χ2v) is 5.73. The molecule has 0 aliphatic rings. The van der Waals surface area contributed by atoms with E-state index in [1.165, 1.54) is 0 Å². The molecule has 0 aliphatic heterocycles. The summed E-state index contributed by atoms with van der Waals surface area (Å²) in [6, 6.07) is 13.6. The van der Waals surface area contributed by atoms with Crippen molar-refractivity contribution in [1.29, 1.82) is 0 Å². The Hall–Kier alpha value is -1.98.